The number of ether oxygens (including phenoxy) is 2. The van der Waals surface area contributed by atoms with Crippen LogP contribution in [0.5, 0.6) is 5.75 Å². The minimum absolute atomic E-state index is 0.0630. The smallest absolute Gasteiger partial charge is 0.280 e. The first-order valence-corrected chi connectivity index (χ1v) is 6.13. The van der Waals surface area contributed by atoms with Crippen molar-refractivity contribution >= 4 is 11.5 Å². The number of nitro benzene ring substituents is 1. The molecule has 0 aliphatic carbocycles. The molecule has 0 unspecified atom stereocenters. The normalized spacial score (nSPS) is 10.1. The predicted octanol–water partition coefficient (Wildman–Crippen LogP) is 2.81. The van der Waals surface area contributed by atoms with E-state index in [2.05, 4.69) is 0 Å². The highest BCUT2D eigenvalue weighted by Gasteiger charge is 2.20. The van der Waals surface area contributed by atoms with E-state index in [1.54, 1.807) is 30.3 Å². The van der Waals surface area contributed by atoms with E-state index in [0.29, 0.717) is 11.3 Å². The Morgan fingerprint density at radius 3 is 2.43 bits per heavy atom. The second kappa shape index (κ2) is 6.62. The van der Waals surface area contributed by atoms with Crippen LogP contribution in [-0.2, 0) is 4.74 Å². The van der Waals surface area contributed by atoms with E-state index in [9.17, 15) is 14.9 Å². The monoisotopic (exact) mass is 287 g/mol. The van der Waals surface area contributed by atoms with Gasteiger partial charge in [-0.15, -0.1) is 0 Å². The molecule has 6 heteroatoms. The van der Waals surface area contributed by atoms with Gasteiger partial charge in [-0.2, -0.15) is 0 Å². The minimum Gasteiger partial charge on any atom is -0.468 e. The summed E-state index contributed by atoms with van der Waals surface area (Å²) in [4.78, 5) is 22.7. The van der Waals surface area contributed by atoms with E-state index in [-0.39, 0.29) is 18.0 Å². The summed E-state index contributed by atoms with van der Waals surface area (Å²) in [5.74, 6) is 0.150. The standard InChI is InChI=1S/C15H13NO5/c1-20-10-21-12-8-6-11(7-9-12)15(17)13-4-2-3-5-14(13)16(18)19/h2-9H,10H2,1H3. The van der Waals surface area contributed by atoms with E-state index in [4.69, 9.17) is 9.47 Å². The molecule has 0 saturated carbocycles. The number of nitrogens with zero attached hydrogens (tertiary/aromatic N) is 1. The predicted molar refractivity (Wildman–Crippen MR) is 75.5 cm³/mol. The van der Waals surface area contributed by atoms with Crippen molar-refractivity contribution in [3.8, 4) is 5.75 Å². The second-order valence-corrected chi connectivity index (χ2v) is 4.18. The maximum Gasteiger partial charge on any atom is 0.280 e. The largest absolute Gasteiger partial charge is 0.468 e. The minimum atomic E-state index is -0.566. The number of methoxy groups -OCH3 is 1. The lowest BCUT2D eigenvalue weighted by molar-refractivity contribution is -0.385. The number of hydrogen-bond acceptors (Lipinski definition) is 5. The average Bonchev–Trinajstić information content (AvgIpc) is 2.52. The van der Waals surface area contributed by atoms with Crippen LogP contribution in [0, 0.1) is 10.1 Å². The van der Waals surface area contributed by atoms with Crippen molar-refractivity contribution in [2.75, 3.05) is 13.9 Å². The van der Waals surface area contributed by atoms with Crippen LogP contribution < -0.4 is 4.74 Å². The summed E-state index contributed by atoms with van der Waals surface area (Å²) in [6.07, 6.45) is 0. The van der Waals surface area contributed by atoms with Gasteiger partial charge in [-0.25, -0.2) is 0 Å². The SMILES string of the molecule is COCOc1ccc(C(=O)c2ccccc2[N+](=O)[O-])cc1. The van der Waals surface area contributed by atoms with Gasteiger partial charge in [0.25, 0.3) is 5.69 Å². The summed E-state index contributed by atoms with van der Waals surface area (Å²) in [5, 5.41) is 10.9. The Bertz CT molecular complexity index is 651. The molecule has 0 atom stereocenters. The van der Waals surface area contributed by atoms with Crippen molar-refractivity contribution in [2.45, 2.75) is 0 Å². The highest BCUT2D eigenvalue weighted by atomic mass is 16.7. The van der Waals surface area contributed by atoms with Crippen LogP contribution in [0.2, 0.25) is 0 Å². The van der Waals surface area contributed by atoms with Crippen LogP contribution in [-0.4, -0.2) is 24.6 Å². The van der Waals surface area contributed by atoms with Gasteiger partial charge in [-0.3, -0.25) is 14.9 Å². The third-order valence-corrected chi connectivity index (χ3v) is 2.81. The third-order valence-electron chi connectivity index (χ3n) is 2.81. The lowest BCUT2D eigenvalue weighted by Gasteiger charge is -2.06. The number of rotatable bonds is 6. The topological polar surface area (TPSA) is 78.7 Å². The van der Waals surface area contributed by atoms with Crippen LogP contribution in [0.1, 0.15) is 15.9 Å². The number of nitro groups is 1. The molecule has 6 nitrogen and oxygen atoms in total. The van der Waals surface area contributed by atoms with E-state index in [0.717, 1.165) is 0 Å². The van der Waals surface area contributed by atoms with E-state index < -0.39 is 10.7 Å². The molecule has 0 fully saturated rings. The summed E-state index contributed by atoms with van der Waals surface area (Å²) < 4.78 is 9.99. The Morgan fingerprint density at radius 1 is 1.14 bits per heavy atom. The highest BCUT2D eigenvalue weighted by Crippen LogP contribution is 2.22. The molecule has 0 amide bonds. The van der Waals surface area contributed by atoms with Crippen LogP contribution in [0.3, 0.4) is 0 Å². The molecular weight excluding hydrogens is 274 g/mol. The first-order chi connectivity index (χ1) is 10.1. The summed E-state index contributed by atoms with van der Waals surface area (Å²) in [7, 11) is 1.51. The Hall–Kier alpha value is -2.73. The van der Waals surface area contributed by atoms with Gasteiger partial charge in [0.2, 0.25) is 0 Å². The summed E-state index contributed by atoms with van der Waals surface area (Å²) in [5.41, 5.74) is 0.212. The fourth-order valence-electron chi connectivity index (χ4n) is 1.81. The van der Waals surface area contributed by atoms with Gasteiger partial charge in [0.05, 0.1) is 4.92 Å². The number of carbonyl (C=O) groups is 1. The molecule has 0 aliphatic heterocycles. The molecule has 0 aliphatic rings. The maximum absolute atomic E-state index is 12.3. The molecule has 2 rings (SSSR count). The molecule has 0 N–H and O–H groups in total. The number of ketones is 1. The summed E-state index contributed by atoms with van der Waals surface area (Å²) >= 11 is 0. The third kappa shape index (κ3) is 3.43. The fourth-order valence-corrected chi connectivity index (χ4v) is 1.81. The molecule has 0 bridgehead atoms. The second-order valence-electron chi connectivity index (χ2n) is 4.18. The van der Waals surface area contributed by atoms with Gasteiger partial charge in [0.15, 0.2) is 12.6 Å². The van der Waals surface area contributed by atoms with Crippen molar-refractivity contribution in [3.05, 3.63) is 69.8 Å². The van der Waals surface area contributed by atoms with Crippen molar-refractivity contribution in [3.63, 3.8) is 0 Å². The summed E-state index contributed by atoms with van der Waals surface area (Å²) in [6, 6.07) is 12.2. The molecule has 0 saturated heterocycles. The Kier molecular flexibility index (Phi) is 4.63. The number of carbonyl (C=O) groups excluding carboxylic acids is 1. The van der Waals surface area contributed by atoms with Gasteiger partial charge in [-0.1, -0.05) is 12.1 Å². The van der Waals surface area contributed by atoms with Crippen molar-refractivity contribution in [1.82, 2.24) is 0 Å². The van der Waals surface area contributed by atoms with Crippen molar-refractivity contribution < 1.29 is 19.2 Å². The van der Waals surface area contributed by atoms with Gasteiger partial charge in [0, 0.05) is 18.7 Å². The molecule has 0 radical (unpaired) electrons. The Labute approximate surface area is 121 Å². The molecule has 2 aromatic carbocycles. The van der Waals surface area contributed by atoms with Gasteiger partial charge >= 0.3 is 0 Å². The average molecular weight is 287 g/mol. The molecule has 0 spiro atoms. The molecular formula is C15H13NO5. The van der Waals surface area contributed by atoms with Crippen LogP contribution in [0.15, 0.2) is 48.5 Å². The molecule has 108 valence electrons. The number of hydrogen-bond donors (Lipinski definition) is 0. The lowest BCUT2D eigenvalue weighted by atomic mass is 10.0. The fraction of sp³-hybridized carbons (Fsp3) is 0.133. The van der Waals surface area contributed by atoms with Gasteiger partial charge in [-0.05, 0) is 30.3 Å². The van der Waals surface area contributed by atoms with Crippen LogP contribution in [0.25, 0.3) is 0 Å². The highest BCUT2D eigenvalue weighted by molar-refractivity contribution is 6.11. The van der Waals surface area contributed by atoms with Gasteiger partial charge in [0.1, 0.15) is 11.3 Å². The maximum atomic E-state index is 12.3. The molecule has 21 heavy (non-hydrogen) atoms. The van der Waals surface area contributed by atoms with E-state index in [1.165, 1.54) is 25.3 Å². The van der Waals surface area contributed by atoms with Crippen molar-refractivity contribution in [2.24, 2.45) is 0 Å². The number of para-hydroxylation sites is 1. The lowest BCUT2D eigenvalue weighted by Crippen LogP contribution is -2.05. The van der Waals surface area contributed by atoms with Crippen molar-refractivity contribution in [1.29, 1.82) is 0 Å². The first kappa shape index (κ1) is 14.7. The number of benzene rings is 2. The summed E-state index contributed by atoms with van der Waals surface area (Å²) in [6.45, 7) is 0.109. The van der Waals surface area contributed by atoms with E-state index in [1.807, 2.05) is 0 Å². The zero-order valence-corrected chi connectivity index (χ0v) is 11.3. The van der Waals surface area contributed by atoms with Crippen LogP contribution >= 0.6 is 0 Å². The zero-order chi connectivity index (χ0) is 15.2. The first-order valence-electron chi connectivity index (χ1n) is 6.13. The molecule has 2 aromatic rings. The molecule has 0 heterocycles. The molecule has 0 aromatic heterocycles. The Balaban J connectivity index is 2.26. The van der Waals surface area contributed by atoms with Gasteiger partial charge < -0.3 is 9.47 Å². The van der Waals surface area contributed by atoms with E-state index >= 15 is 0 Å². The Morgan fingerprint density at radius 2 is 1.81 bits per heavy atom. The van der Waals surface area contributed by atoms with Crippen LogP contribution in [0.4, 0.5) is 5.69 Å². The zero-order valence-electron chi connectivity index (χ0n) is 11.3. The quantitative estimate of drug-likeness (QED) is 0.353.